The minimum absolute atomic E-state index is 0. The first-order valence-electron chi connectivity index (χ1n) is 7.88. The Kier molecular flexibility index (Phi) is 9.72. The average Bonchev–Trinajstić information content (AvgIpc) is 2.57. The fourth-order valence-corrected chi connectivity index (χ4v) is 2.83. The molecule has 0 saturated carbocycles. The molecular weight excluding hydrogens is 445 g/mol. The number of aliphatic imine (C=N–C) groups is 1. The van der Waals surface area contributed by atoms with E-state index in [1.807, 2.05) is 11.8 Å². The van der Waals surface area contributed by atoms with Gasteiger partial charge in [0.15, 0.2) is 5.96 Å². The van der Waals surface area contributed by atoms with Gasteiger partial charge in [-0.3, -0.25) is 4.99 Å². The van der Waals surface area contributed by atoms with Crippen molar-refractivity contribution in [2.45, 2.75) is 6.92 Å². The molecule has 0 amide bonds. The summed E-state index contributed by atoms with van der Waals surface area (Å²) in [7, 11) is 0. The standard InChI is InChI=1S/C16H24F2N4S.HI/c1-3-19-16(20-6-11-23-2)22-9-7-21(8-10-22)15-12-13(17)4-5-14(15)18;/h4-5,12H,3,6-11H2,1-2H3,(H,19,20);1H. The number of anilines is 1. The number of hydrogen-bond acceptors (Lipinski definition) is 3. The third kappa shape index (κ3) is 5.94. The molecule has 0 aromatic heterocycles. The van der Waals surface area contributed by atoms with Crippen LogP contribution in [0.5, 0.6) is 0 Å². The first kappa shape index (κ1) is 21.3. The van der Waals surface area contributed by atoms with Gasteiger partial charge < -0.3 is 15.1 Å². The molecule has 0 atom stereocenters. The summed E-state index contributed by atoms with van der Waals surface area (Å²) in [4.78, 5) is 8.68. The summed E-state index contributed by atoms with van der Waals surface area (Å²) >= 11 is 1.77. The van der Waals surface area contributed by atoms with Gasteiger partial charge in [0.25, 0.3) is 0 Å². The smallest absolute Gasteiger partial charge is 0.194 e. The van der Waals surface area contributed by atoms with E-state index in [9.17, 15) is 8.78 Å². The lowest BCUT2D eigenvalue weighted by Crippen LogP contribution is -2.52. The SMILES string of the molecule is CCNC(=NCCSC)N1CCN(c2cc(F)ccc2F)CC1.I. The molecule has 1 heterocycles. The second kappa shape index (κ2) is 11.0. The van der Waals surface area contributed by atoms with Crippen molar-refractivity contribution < 1.29 is 8.78 Å². The van der Waals surface area contributed by atoms with Crippen molar-refractivity contribution in [2.24, 2.45) is 4.99 Å². The maximum Gasteiger partial charge on any atom is 0.194 e. The lowest BCUT2D eigenvalue weighted by molar-refractivity contribution is 0.371. The summed E-state index contributed by atoms with van der Waals surface area (Å²) in [5.41, 5.74) is 0.342. The molecule has 4 nitrogen and oxygen atoms in total. The van der Waals surface area contributed by atoms with E-state index in [1.54, 1.807) is 11.8 Å². The molecular formula is C16H25F2IN4S. The van der Waals surface area contributed by atoms with Crippen molar-refractivity contribution in [2.75, 3.05) is 56.2 Å². The number of rotatable bonds is 5. The first-order valence-corrected chi connectivity index (χ1v) is 9.27. The Morgan fingerprint density at radius 2 is 1.96 bits per heavy atom. The van der Waals surface area contributed by atoms with Gasteiger partial charge in [0, 0.05) is 44.5 Å². The number of nitrogens with zero attached hydrogens (tertiary/aromatic N) is 3. The molecule has 0 radical (unpaired) electrons. The van der Waals surface area contributed by atoms with Gasteiger partial charge in [0.1, 0.15) is 11.6 Å². The fourth-order valence-electron chi connectivity index (χ4n) is 2.56. The van der Waals surface area contributed by atoms with Gasteiger partial charge in [0.2, 0.25) is 0 Å². The first-order chi connectivity index (χ1) is 11.2. The van der Waals surface area contributed by atoms with Gasteiger partial charge >= 0.3 is 0 Å². The lowest BCUT2D eigenvalue weighted by Gasteiger charge is -2.37. The second-order valence-electron chi connectivity index (χ2n) is 5.30. The Morgan fingerprint density at radius 3 is 2.58 bits per heavy atom. The summed E-state index contributed by atoms with van der Waals surface area (Å²) in [6.45, 7) is 6.41. The van der Waals surface area contributed by atoms with Crippen LogP contribution in [0.4, 0.5) is 14.5 Å². The molecule has 1 aromatic carbocycles. The lowest BCUT2D eigenvalue weighted by atomic mass is 10.2. The number of piperazine rings is 1. The average molecular weight is 470 g/mol. The Bertz CT molecular complexity index is 537. The zero-order chi connectivity index (χ0) is 16.7. The van der Waals surface area contributed by atoms with Crippen LogP contribution in [0.3, 0.4) is 0 Å². The summed E-state index contributed by atoms with van der Waals surface area (Å²) < 4.78 is 27.2. The molecule has 136 valence electrons. The van der Waals surface area contributed by atoms with Crippen LogP contribution in [-0.4, -0.2) is 62.1 Å². The van der Waals surface area contributed by atoms with Crippen LogP contribution in [0.1, 0.15) is 6.92 Å². The van der Waals surface area contributed by atoms with Crippen molar-refractivity contribution in [3.63, 3.8) is 0 Å². The Balaban J connectivity index is 0.00000288. The number of hydrogen-bond donors (Lipinski definition) is 1. The summed E-state index contributed by atoms with van der Waals surface area (Å²) in [5, 5.41) is 3.30. The Morgan fingerprint density at radius 1 is 1.25 bits per heavy atom. The zero-order valence-electron chi connectivity index (χ0n) is 14.1. The predicted molar refractivity (Wildman–Crippen MR) is 110 cm³/mol. The molecule has 2 rings (SSSR count). The Labute approximate surface area is 164 Å². The maximum atomic E-state index is 13.9. The van der Waals surface area contributed by atoms with Crippen LogP contribution in [0.2, 0.25) is 0 Å². The third-order valence-electron chi connectivity index (χ3n) is 3.72. The van der Waals surface area contributed by atoms with Crippen molar-refractivity contribution >= 4 is 47.4 Å². The van der Waals surface area contributed by atoms with Crippen molar-refractivity contribution in [3.8, 4) is 0 Å². The molecule has 1 saturated heterocycles. The van der Waals surface area contributed by atoms with E-state index in [4.69, 9.17) is 0 Å². The van der Waals surface area contributed by atoms with E-state index >= 15 is 0 Å². The molecule has 8 heteroatoms. The van der Waals surface area contributed by atoms with E-state index in [-0.39, 0.29) is 29.8 Å². The predicted octanol–water partition coefficient (Wildman–Crippen LogP) is 3.03. The molecule has 1 aliphatic heterocycles. The van der Waals surface area contributed by atoms with Crippen LogP contribution >= 0.6 is 35.7 Å². The van der Waals surface area contributed by atoms with Crippen LogP contribution in [0, 0.1) is 11.6 Å². The molecule has 24 heavy (non-hydrogen) atoms. The summed E-state index contributed by atoms with van der Waals surface area (Å²) in [5.74, 6) is 1.11. The number of halogens is 3. The minimum atomic E-state index is -0.407. The topological polar surface area (TPSA) is 30.9 Å². The van der Waals surface area contributed by atoms with Gasteiger partial charge in [-0.25, -0.2) is 8.78 Å². The largest absolute Gasteiger partial charge is 0.366 e. The van der Waals surface area contributed by atoms with E-state index in [1.165, 1.54) is 12.1 Å². The van der Waals surface area contributed by atoms with Crippen LogP contribution < -0.4 is 10.2 Å². The van der Waals surface area contributed by atoms with Gasteiger partial charge in [-0.15, -0.1) is 24.0 Å². The molecule has 0 aliphatic carbocycles. The van der Waals surface area contributed by atoms with Gasteiger partial charge in [-0.1, -0.05) is 0 Å². The molecule has 1 aliphatic rings. The highest BCUT2D eigenvalue weighted by molar-refractivity contribution is 14.0. The van der Waals surface area contributed by atoms with Crippen molar-refractivity contribution in [3.05, 3.63) is 29.8 Å². The van der Waals surface area contributed by atoms with E-state index in [2.05, 4.69) is 21.5 Å². The highest BCUT2D eigenvalue weighted by Crippen LogP contribution is 2.21. The van der Waals surface area contributed by atoms with Crippen molar-refractivity contribution in [1.29, 1.82) is 0 Å². The quantitative estimate of drug-likeness (QED) is 0.310. The number of thioether (sulfide) groups is 1. The molecule has 0 unspecified atom stereocenters. The van der Waals surface area contributed by atoms with Crippen molar-refractivity contribution in [1.82, 2.24) is 10.2 Å². The van der Waals surface area contributed by atoms with E-state index in [0.717, 1.165) is 44.0 Å². The highest BCUT2D eigenvalue weighted by atomic mass is 127. The summed E-state index contributed by atoms with van der Waals surface area (Å²) in [6.07, 6.45) is 2.06. The fraction of sp³-hybridized carbons (Fsp3) is 0.562. The third-order valence-corrected chi connectivity index (χ3v) is 4.31. The van der Waals surface area contributed by atoms with Crippen LogP contribution in [-0.2, 0) is 0 Å². The van der Waals surface area contributed by atoms with E-state index in [0.29, 0.717) is 18.8 Å². The highest BCUT2D eigenvalue weighted by Gasteiger charge is 2.21. The van der Waals surface area contributed by atoms with E-state index < -0.39 is 5.82 Å². The molecule has 1 N–H and O–H groups in total. The minimum Gasteiger partial charge on any atom is -0.366 e. The monoisotopic (exact) mass is 470 g/mol. The molecule has 0 bridgehead atoms. The normalized spacial score (nSPS) is 15.2. The number of benzene rings is 1. The van der Waals surface area contributed by atoms with Gasteiger partial charge in [0.05, 0.1) is 12.2 Å². The Hall–Kier alpha value is -0.770. The second-order valence-corrected chi connectivity index (χ2v) is 6.28. The molecule has 0 spiro atoms. The van der Waals surface area contributed by atoms with Gasteiger partial charge in [-0.05, 0) is 25.3 Å². The zero-order valence-corrected chi connectivity index (χ0v) is 17.2. The van der Waals surface area contributed by atoms with Gasteiger partial charge in [-0.2, -0.15) is 11.8 Å². The summed E-state index contributed by atoms with van der Waals surface area (Å²) in [6, 6.07) is 3.60. The maximum absolute atomic E-state index is 13.9. The molecule has 1 fully saturated rings. The number of nitrogens with one attached hydrogen (secondary N) is 1. The molecule has 1 aromatic rings. The number of guanidine groups is 1. The van der Waals surface area contributed by atoms with Crippen LogP contribution in [0.25, 0.3) is 0 Å². The van der Waals surface area contributed by atoms with Crippen LogP contribution in [0.15, 0.2) is 23.2 Å².